The SMILES string of the molecule is Cc1[nH]cnc1C(=O)NNC(=S)Nc1ccccc1. The second kappa shape index (κ2) is 5.96. The lowest BCUT2D eigenvalue weighted by Crippen LogP contribution is -2.44. The summed E-state index contributed by atoms with van der Waals surface area (Å²) in [7, 11) is 0. The largest absolute Gasteiger partial charge is 0.348 e. The highest BCUT2D eigenvalue weighted by atomic mass is 32.1. The van der Waals surface area contributed by atoms with Crippen LogP contribution in [0.1, 0.15) is 16.2 Å². The van der Waals surface area contributed by atoms with Gasteiger partial charge in [0, 0.05) is 11.4 Å². The molecule has 0 saturated carbocycles. The van der Waals surface area contributed by atoms with Crippen molar-refractivity contribution in [2.24, 2.45) is 0 Å². The molecule has 2 aromatic rings. The van der Waals surface area contributed by atoms with E-state index in [2.05, 4.69) is 26.1 Å². The number of rotatable bonds is 2. The Morgan fingerprint density at radius 2 is 2.00 bits per heavy atom. The summed E-state index contributed by atoms with van der Waals surface area (Å²) in [4.78, 5) is 18.5. The van der Waals surface area contributed by atoms with Gasteiger partial charge in [-0.3, -0.25) is 15.6 Å². The average Bonchev–Trinajstić information content (AvgIpc) is 2.83. The molecule has 0 aliphatic rings. The number of aromatic amines is 1. The van der Waals surface area contributed by atoms with E-state index in [1.54, 1.807) is 6.92 Å². The molecule has 0 radical (unpaired) electrons. The van der Waals surface area contributed by atoms with Gasteiger partial charge < -0.3 is 10.3 Å². The molecule has 98 valence electrons. The number of hydrogen-bond donors (Lipinski definition) is 4. The van der Waals surface area contributed by atoms with Gasteiger partial charge in [0.2, 0.25) is 0 Å². The molecule has 1 aromatic carbocycles. The molecule has 0 aliphatic carbocycles. The Morgan fingerprint density at radius 1 is 1.26 bits per heavy atom. The van der Waals surface area contributed by atoms with E-state index in [-0.39, 0.29) is 5.91 Å². The van der Waals surface area contributed by atoms with Crippen LogP contribution in [0.4, 0.5) is 5.69 Å². The van der Waals surface area contributed by atoms with E-state index >= 15 is 0 Å². The zero-order valence-electron chi connectivity index (χ0n) is 10.2. The number of carbonyl (C=O) groups is 1. The van der Waals surface area contributed by atoms with Gasteiger partial charge in [-0.1, -0.05) is 18.2 Å². The maximum Gasteiger partial charge on any atom is 0.290 e. The summed E-state index contributed by atoms with van der Waals surface area (Å²) < 4.78 is 0. The molecule has 0 aliphatic heterocycles. The average molecular weight is 275 g/mol. The number of aromatic nitrogens is 2. The molecule has 0 saturated heterocycles. The summed E-state index contributed by atoms with van der Waals surface area (Å²) >= 11 is 5.05. The van der Waals surface area contributed by atoms with Crippen molar-refractivity contribution < 1.29 is 4.79 Å². The van der Waals surface area contributed by atoms with Gasteiger partial charge in [-0.15, -0.1) is 0 Å². The van der Waals surface area contributed by atoms with Gasteiger partial charge in [0.05, 0.1) is 6.33 Å². The summed E-state index contributed by atoms with van der Waals surface area (Å²) in [6.07, 6.45) is 1.46. The smallest absolute Gasteiger partial charge is 0.290 e. The molecule has 0 atom stereocenters. The summed E-state index contributed by atoms with van der Waals surface area (Å²) in [5.74, 6) is -0.351. The summed E-state index contributed by atoms with van der Waals surface area (Å²) in [5.41, 5.74) is 6.95. The number of carbonyl (C=O) groups excluding carboxylic acids is 1. The molecular formula is C12H13N5OS. The molecular weight excluding hydrogens is 262 g/mol. The van der Waals surface area contributed by atoms with Crippen LogP contribution in [0, 0.1) is 6.92 Å². The predicted molar refractivity (Wildman–Crippen MR) is 76.6 cm³/mol. The van der Waals surface area contributed by atoms with Gasteiger partial charge in [0.1, 0.15) is 0 Å². The minimum absolute atomic E-state index is 0.299. The lowest BCUT2D eigenvalue weighted by molar-refractivity contribution is 0.0939. The van der Waals surface area contributed by atoms with Crippen molar-refractivity contribution in [2.45, 2.75) is 6.92 Å². The number of imidazole rings is 1. The van der Waals surface area contributed by atoms with Gasteiger partial charge in [-0.25, -0.2) is 4.98 Å². The maximum absolute atomic E-state index is 11.7. The molecule has 2 rings (SSSR count). The number of thiocarbonyl (C=S) groups is 1. The van der Waals surface area contributed by atoms with Crippen molar-refractivity contribution in [1.82, 2.24) is 20.8 Å². The highest BCUT2D eigenvalue weighted by Crippen LogP contribution is 2.04. The first-order valence-corrected chi connectivity index (χ1v) is 6.00. The number of benzene rings is 1. The first-order valence-electron chi connectivity index (χ1n) is 5.59. The second-order valence-electron chi connectivity index (χ2n) is 3.78. The first-order chi connectivity index (χ1) is 9.16. The molecule has 4 N–H and O–H groups in total. The number of aryl methyl sites for hydroxylation is 1. The number of hydrogen-bond acceptors (Lipinski definition) is 3. The van der Waals surface area contributed by atoms with Crippen LogP contribution in [0.15, 0.2) is 36.7 Å². The zero-order valence-corrected chi connectivity index (χ0v) is 11.0. The Hall–Kier alpha value is -2.41. The van der Waals surface area contributed by atoms with E-state index < -0.39 is 0 Å². The van der Waals surface area contributed by atoms with Crippen LogP contribution in [-0.2, 0) is 0 Å². The second-order valence-corrected chi connectivity index (χ2v) is 4.18. The number of anilines is 1. The van der Waals surface area contributed by atoms with E-state index in [0.717, 1.165) is 5.69 Å². The third-order valence-corrected chi connectivity index (χ3v) is 2.57. The van der Waals surface area contributed by atoms with E-state index in [0.29, 0.717) is 16.5 Å². The highest BCUT2D eigenvalue weighted by Gasteiger charge is 2.11. The number of nitrogens with zero attached hydrogens (tertiary/aromatic N) is 1. The normalized spacial score (nSPS) is 9.74. The van der Waals surface area contributed by atoms with Crippen LogP contribution in [0.3, 0.4) is 0 Å². The van der Waals surface area contributed by atoms with Crippen LogP contribution in [-0.4, -0.2) is 21.0 Å². The number of nitrogens with one attached hydrogen (secondary N) is 4. The minimum atomic E-state index is -0.351. The summed E-state index contributed by atoms with van der Waals surface area (Å²) in [6, 6.07) is 9.42. The van der Waals surface area contributed by atoms with Gasteiger partial charge in [0.25, 0.3) is 5.91 Å². The fourth-order valence-electron chi connectivity index (χ4n) is 1.44. The Morgan fingerprint density at radius 3 is 2.63 bits per heavy atom. The molecule has 6 nitrogen and oxygen atoms in total. The maximum atomic E-state index is 11.7. The predicted octanol–water partition coefficient (Wildman–Crippen LogP) is 1.35. The van der Waals surface area contributed by atoms with Crippen molar-refractivity contribution in [3.63, 3.8) is 0 Å². The van der Waals surface area contributed by atoms with Crippen LogP contribution < -0.4 is 16.2 Å². The van der Waals surface area contributed by atoms with Gasteiger partial charge >= 0.3 is 0 Å². The quantitative estimate of drug-likeness (QED) is 0.491. The minimum Gasteiger partial charge on any atom is -0.348 e. The third kappa shape index (κ3) is 3.52. The fraction of sp³-hybridized carbons (Fsp3) is 0.0833. The highest BCUT2D eigenvalue weighted by molar-refractivity contribution is 7.80. The Bertz CT molecular complexity index is 581. The molecule has 1 aromatic heterocycles. The molecule has 7 heteroatoms. The molecule has 1 heterocycles. The van der Waals surface area contributed by atoms with E-state index in [1.807, 2.05) is 30.3 Å². The molecule has 0 fully saturated rings. The topological polar surface area (TPSA) is 81.8 Å². The van der Waals surface area contributed by atoms with Crippen molar-refractivity contribution in [2.75, 3.05) is 5.32 Å². The van der Waals surface area contributed by atoms with Crippen molar-refractivity contribution >= 4 is 28.9 Å². The summed E-state index contributed by atoms with van der Waals surface area (Å²) in [5, 5.41) is 3.23. The molecule has 0 unspecified atom stereocenters. The fourth-order valence-corrected chi connectivity index (χ4v) is 1.61. The van der Waals surface area contributed by atoms with Crippen molar-refractivity contribution in [3.8, 4) is 0 Å². The molecule has 0 bridgehead atoms. The Balaban J connectivity index is 1.84. The summed E-state index contributed by atoms with van der Waals surface area (Å²) in [6.45, 7) is 1.77. The number of hydrazine groups is 1. The van der Waals surface area contributed by atoms with Gasteiger partial charge in [0.15, 0.2) is 10.8 Å². The van der Waals surface area contributed by atoms with Gasteiger partial charge in [-0.05, 0) is 31.3 Å². The number of para-hydroxylation sites is 1. The molecule has 1 amide bonds. The Kier molecular flexibility index (Phi) is 4.09. The lowest BCUT2D eigenvalue weighted by Gasteiger charge is -2.10. The number of amides is 1. The van der Waals surface area contributed by atoms with E-state index in [1.165, 1.54) is 6.33 Å². The standard InChI is InChI=1S/C12H13N5OS/c1-8-10(14-7-13-8)11(18)16-17-12(19)15-9-5-3-2-4-6-9/h2-7H,1H3,(H,13,14)(H,16,18)(H2,15,17,19). The van der Waals surface area contributed by atoms with Crippen LogP contribution in [0.2, 0.25) is 0 Å². The van der Waals surface area contributed by atoms with Gasteiger partial charge in [-0.2, -0.15) is 0 Å². The monoisotopic (exact) mass is 275 g/mol. The Labute approximate surface area is 115 Å². The van der Waals surface area contributed by atoms with Crippen molar-refractivity contribution in [1.29, 1.82) is 0 Å². The van der Waals surface area contributed by atoms with Crippen LogP contribution >= 0.6 is 12.2 Å². The molecule has 19 heavy (non-hydrogen) atoms. The first kappa shape index (κ1) is 13.0. The lowest BCUT2D eigenvalue weighted by atomic mass is 10.3. The van der Waals surface area contributed by atoms with E-state index in [9.17, 15) is 4.79 Å². The molecule has 0 spiro atoms. The van der Waals surface area contributed by atoms with Crippen LogP contribution in [0.5, 0.6) is 0 Å². The van der Waals surface area contributed by atoms with Crippen molar-refractivity contribution in [3.05, 3.63) is 48.0 Å². The number of H-pyrrole nitrogens is 1. The van der Waals surface area contributed by atoms with Crippen LogP contribution in [0.25, 0.3) is 0 Å². The zero-order chi connectivity index (χ0) is 13.7. The van der Waals surface area contributed by atoms with E-state index in [4.69, 9.17) is 12.2 Å². The third-order valence-electron chi connectivity index (χ3n) is 2.37.